The fourth-order valence-electron chi connectivity index (χ4n) is 0.713. The molecule has 0 aliphatic heterocycles. The molecule has 0 unspecified atom stereocenters. The molecule has 5 nitrogen and oxygen atoms in total. The third-order valence-corrected chi connectivity index (χ3v) is 2.59. The third-order valence-electron chi connectivity index (χ3n) is 1.58. The van der Waals surface area contributed by atoms with Gasteiger partial charge in [0, 0.05) is 6.54 Å². The van der Waals surface area contributed by atoms with E-state index in [-0.39, 0.29) is 5.88 Å². The summed E-state index contributed by atoms with van der Waals surface area (Å²) in [7, 11) is -2.33. The highest BCUT2D eigenvalue weighted by molar-refractivity contribution is 7.86. The first-order valence-electron chi connectivity index (χ1n) is 4.46. The van der Waals surface area contributed by atoms with Gasteiger partial charge >= 0.3 is 0 Å². The summed E-state index contributed by atoms with van der Waals surface area (Å²) in [5.74, 6) is 0.237. The average Bonchev–Trinajstić information content (AvgIpc) is 2.16. The smallest absolute Gasteiger partial charge is 0.285 e. The van der Waals surface area contributed by atoms with Gasteiger partial charge in [-0.3, -0.25) is 4.18 Å². The van der Waals surface area contributed by atoms with Crippen molar-refractivity contribution in [3.63, 3.8) is 0 Å². The van der Waals surface area contributed by atoms with Crippen LogP contribution >= 0.6 is 0 Å². The SMILES string of the molecule is C=C(NCCCC)NCS(=O)(=O)OC. The first-order chi connectivity index (χ1) is 6.52. The molecule has 0 aromatic carbocycles. The van der Waals surface area contributed by atoms with E-state index in [1.807, 2.05) is 0 Å². The topological polar surface area (TPSA) is 67.4 Å². The molecule has 84 valence electrons. The highest BCUT2D eigenvalue weighted by Gasteiger charge is 2.07. The lowest BCUT2D eigenvalue weighted by Gasteiger charge is -2.10. The summed E-state index contributed by atoms with van der Waals surface area (Å²) >= 11 is 0. The van der Waals surface area contributed by atoms with Crippen molar-refractivity contribution in [1.29, 1.82) is 0 Å². The van der Waals surface area contributed by atoms with Gasteiger partial charge in [-0.05, 0) is 6.42 Å². The molecule has 0 aromatic rings. The van der Waals surface area contributed by atoms with Crippen LogP contribution in [0, 0.1) is 0 Å². The fourth-order valence-corrected chi connectivity index (χ4v) is 1.18. The summed E-state index contributed by atoms with van der Waals surface area (Å²) in [6.45, 7) is 6.49. The normalized spacial score (nSPS) is 11.0. The van der Waals surface area contributed by atoms with E-state index >= 15 is 0 Å². The molecule has 0 bridgehead atoms. The predicted molar refractivity (Wildman–Crippen MR) is 56.0 cm³/mol. The summed E-state index contributed by atoms with van der Waals surface area (Å²) in [5.41, 5.74) is 0. The molecule has 0 amide bonds. The van der Waals surface area contributed by atoms with Crippen LogP contribution < -0.4 is 10.6 Å². The van der Waals surface area contributed by atoms with E-state index in [1.165, 1.54) is 0 Å². The molecule has 0 rings (SSSR count). The molecule has 0 aromatic heterocycles. The van der Waals surface area contributed by atoms with Crippen LogP contribution in [-0.2, 0) is 14.3 Å². The molecule has 0 heterocycles. The first kappa shape index (κ1) is 13.2. The monoisotopic (exact) mass is 222 g/mol. The van der Waals surface area contributed by atoms with E-state index in [1.54, 1.807) is 0 Å². The van der Waals surface area contributed by atoms with Crippen molar-refractivity contribution in [3.8, 4) is 0 Å². The van der Waals surface area contributed by atoms with Crippen molar-refractivity contribution >= 4 is 10.1 Å². The van der Waals surface area contributed by atoms with E-state index in [4.69, 9.17) is 0 Å². The fraction of sp³-hybridized carbons (Fsp3) is 0.750. The molecule has 0 aliphatic rings. The molecule has 0 atom stereocenters. The maximum Gasteiger partial charge on any atom is 0.285 e. The van der Waals surface area contributed by atoms with Crippen LogP contribution in [0.4, 0.5) is 0 Å². The van der Waals surface area contributed by atoms with Crippen LogP contribution in [-0.4, -0.2) is 27.9 Å². The van der Waals surface area contributed by atoms with Gasteiger partial charge in [-0.15, -0.1) is 0 Å². The summed E-state index contributed by atoms with van der Waals surface area (Å²) in [6, 6.07) is 0. The van der Waals surface area contributed by atoms with E-state index in [2.05, 4.69) is 28.3 Å². The zero-order chi connectivity index (χ0) is 11.0. The highest BCUT2D eigenvalue weighted by Crippen LogP contribution is 1.89. The maximum absolute atomic E-state index is 10.9. The Balaban J connectivity index is 3.64. The second-order valence-electron chi connectivity index (χ2n) is 2.80. The van der Waals surface area contributed by atoms with Gasteiger partial charge in [0.25, 0.3) is 10.1 Å². The Bertz CT molecular complexity index is 262. The highest BCUT2D eigenvalue weighted by atomic mass is 32.2. The predicted octanol–water partition coefficient (Wildman–Crippen LogP) is 0.371. The molecule has 0 radical (unpaired) electrons. The Hall–Kier alpha value is -0.750. The van der Waals surface area contributed by atoms with E-state index in [0.717, 1.165) is 26.5 Å². The van der Waals surface area contributed by atoms with Crippen molar-refractivity contribution in [2.75, 3.05) is 19.5 Å². The van der Waals surface area contributed by atoms with Gasteiger partial charge < -0.3 is 10.6 Å². The van der Waals surface area contributed by atoms with Crippen LogP contribution in [0.5, 0.6) is 0 Å². The van der Waals surface area contributed by atoms with Crippen LogP contribution in [0.3, 0.4) is 0 Å². The molecule has 0 aliphatic carbocycles. The van der Waals surface area contributed by atoms with E-state index in [0.29, 0.717) is 5.82 Å². The van der Waals surface area contributed by atoms with Crippen molar-refractivity contribution in [2.45, 2.75) is 19.8 Å². The maximum atomic E-state index is 10.9. The number of hydrogen-bond acceptors (Lipinski definition) is 5. The number of unbranched alkanes of at least 4 members (excludes halogenated alkanes) is 1. The zero-order valence-electron chi connectivity index (χ0n) is 8.67. The van der Waals surface area contributed by atoms with Crippen LogP contribution in [0.1, 0.15) is 19.8 Å². The summed E-state index contributed by atoms with van der Waals surface area (Å²) in [4.78, 5) is 0. The summed E-state index contributed by atoms with van der Waals surface area (Å²) < 4.78 is 26.0. The quantitative estimate of drug-likeness (QED) is 0.459. The second-order valence-corrected chi connectivity index (χ2v) is 4.54. The molecule has 6 heteroatoms. The molecular formula is C8H18N2O3S. The van der Waals surface area contributed by atoms with Crippen molar-refractivity contribution in [2.24, 2.45) is 0 Å². The van der Waals surface area contributed by atoms with E-state index in [9.17, 15) is 8.42 Å². The molecule has 14 heavy (non-hydrogen) atoms. The molecular weight excluding hydrogens is 204 g/mol. The van der Waals surface area contributed by atoms with Gasteiger partial charge in [0.1, 0.15) is 5.88 Å². The summed E-state index contributed by atoms with van der Waals surface area (Å²) in [5, 5.41) is 5.57. The van der Waals surface area contributed by atoms with Crippen molar-refractivity contribution < 1.29 is 12.6 Å². The first-order valence-corrected chi connectivity index (χ1v) is 6.04. The standard InChI is InChI=1S/C8H18N2O3S/c1-4-5-6-9-8(2)10-7-14(11,12)13-3/h9-10H,2,4-7H2,1,3H3. The summed E-state index contributed by atoms with van der Waals surface area (Å²) in [6.07, 6.45) is 2.11. The van der Waals surface area contributed by atoms with Gasteiger partial charge in [0.05, 0.1) is 12.9 Å². The van der Waals surface area contributed by atoms with Crippen LogP contribution in [0.2, 0.25) is 0 Å². The Kier molecular flexibility index (Phi) is 6.31. The molecule has 0 saturated carbocycles. The molecule has 2 N–H and O–H groups in total. The van der Waals surface area contributed by atoms with Crippen LogP contribution in [0.25, 0.3) is 0 Å². The van der Waals surface area contributed by atoms with Crippen LogP contribution in [0.15, 0.2) is 12.4 Å². The van der Waals surface area contributed by atoms with E-state index < -0.39 is 10.1 Å². The second kappa shape index (κ2) is 6.67. The minimum Gasteiger partial charge on any atom is -0.372 e. The molecule has 0 saturated heterocycles. The number of rotatable bonds is 8. The number of hydrogen-bond donors (Lipinski definition) is 2. The Morgan fingerprint density at radius 3 is 2.57 bits per heavy atom. The van der Waals surface area contributed by atoms with Gasteiger partial charge in [0.15, 0.2) is 0 Å². The zero-order valence-corrected chi connectivity index (χ0v) is 9.49. The third kappa shape index (κ3) is 6.73. The lowest BCUT2D eigenvalue weighted by atomic mass is 10.3. The lowest BCUT2D eigenvalue weighted by molar-refractivity contribution is 0.395. The van der Waals surface area contributed by atoms with Crippen molar-refractivity contribution in [3.05, 3.63) is 12.4 Å². The van der Waals surface area contributed by atoms with Gasteiger partial charge in [-0.1, -0.05) is 19.9 Å². The molecule has 0 fully saturated rings. The minimum atomic E-state index is -3.46. The average molecular weight is 222 g/mol. The number of nitrogens with one attached hydrogen (secondary N) is 2. The van der Waals surface area contributed by atoms with Gasteiger partial charge in [-0.25, -0.2) is 0 Å². The minimum absolute atomic E-state index is 0.262. The largest absolute Gasteiger partial charge is 0.372 e. The lowest BCUT2D eigenvalue weighted by Crippen LogP contribution is -2.30. The Morgan fingerprint density at radius 1 is 1.43 bits per heavy atom. The Morgan fingerprint density at radius 2 is 2.07 bits per heavy atom. The van der Waals surface area contributed by atoms with Crippen molar-refractivity contribution in [1.82, 2.24) is 10.6 Å². The van der Waals surface area contributed by atoms with Gasteiger partial charge in [-0.2, -0.15) is 8.42 Å². The van der Waals surface area contributed by atoms with Gasteiger partial charge in [0.2, 0.25) is 0 Å². The molecule has 0 spiro atoms. The Labute approximate surface area is 85.7 Å².